The van der Waals surface area contributed by atoms with Crippen molar-refractivity contribution in [1.82, 2.24) is 0 Å². The van der Waals surface area contributed by atoms with Gasteiger partial charge in [0.05, 0.1) is 44.0 Å². The van der Waals surface area contributed by atoms with Gasteiger partial charge in [-0.25, -0.2) is 0 Å². The first-order chi connectivity index (χ1) is 14.5. The smallest absolute Gasteiger partial charge is 0.279 e. The quantitative estimate of drug-likeness (QED) is 0.504. The minimum absolute atomic E-state index is 0.0906. The van der Waals surface area contributed by atoms with Crippen LogP contribution in [0.5, 0.6) is 17.2 Å². The number of non-ortho nitro benzene ring substituents is 1. The second-order valence-corrected chi connectivity index (χ2v) is 7.08. The predicted molar refractivity (Wildman–Crippen MR) is 110 cm³/mol. The van der Waals surface area contributed by atoms with Gasteiger partial charge in [-0.2, -0.15) is 0 Å². The van der Waals surface area contributed by atoms with E-state index in [0.29, 0.717) is 5.75 Å². The summed E-state index contributed by atoms with van der Waals surface area (Å²) in [6.45, 7) is 1.06. The predicted octanol–water partition coefficient (Wildman–Crippen LogP) is 1.98. The van der Waals surface area contributed by atoms with Gasteiger partial charge in [0.15, 0.2) is 6.54 Å². The van der Waals surface area contributed by atoms with Crippen molar-refractivity contribution in [3.63, 3.8) is 0 Å². The van der Waals surface area contributed by atoms with Gasteiger partial charge in [0, 0.05) is 25.0 Å². The minimum Gasteiger partial charge on any atom is -0.497 e. The van der Waals surface area contributed by atoms with Gasteiger partial charge in [-0.3, -0.25) is 14.9 Å². The molecule has 2 N–H and O–H groups in total. The standard InChI is InChI=1S/C21H25N3O6/c1-28-15-7-9-19(29-2)16(12-15)18-5-4-10-23(18)13-21(25)22-17-11-14(24(26)27)6-8-20(17)30-3/h6-9,11-12,18H,4-5,10,13H2,1-3H3,(H,22,25)/p+1/t18-/m0/s1. The Kier molecular flexibility index (Phi) is 6.73. The fourth-order valence-electron chi connectivity index (χ4n) is 3.92. The van der Waals surface area contributed by atoms with Crippen LogP contribution in [0, 0.1) is 10.1 Å². The van der Waals surface area contributed by atoms with Crippen LogP contribution in [-0.2, 0) is 4.79 Å². The molecular weight excluding hydrogens is 390 g/mol. The molecule has 1 heterocycles. The number of carbonyl (C=O) groups excluding carboxylic acids is 1. The number of methoxy groups -OCH3 is 3. The summed E-state index contributed by atoms with van der Waals surface area (Å²) in [5, 5.41) is 13.8. The lowest BCUT2D eigenvalue weighted by molar-refractivity contribution is -0.910. The van der Waals surface area contributed by atoms with E-state index in [1.807, 2.05) is 18.2 Å². The Morgan fingerprint density at radius 2 is 1.87 bits per heavy atom. The molecule has 160 valence electrons. The van der Waals surface area contributed by atoms with Gasteiger partial charge in [-0.15, -0.1) is 0 Å². The van der Waals surface area contributed by atoms with Gasteiger partial charge in [0.1, 0.15) is 23.3 Å². The van der Waals surface area contributed by atoms with E-state index in [4.69, 9.17) is 14.2 Å². The van der Waals surface area contributed by atoms with E-state index in [2.05, 4.69) is 5.32 Å². The fourth-order valence-corrected chi connectivity index (χ4v) is 3.92. The van der Waals surface area contributed by atoms with E-state index in [9.17, 15) is 14.9 Å². The number of hydrogen-bond donors (Lipinski definition) is 2. The number of anilines is 1. The SMILES string of the molecule is COc1ccc(OC)c([C@@H]2CCC[NH+]2CC(=O)Nc2cc([N+](=O)[O-])ccc2OC)c1. The lowest BCUT2D eigenvalue weighted by atomic mass is 10.0. The molecular formula is C21H26N3O6+. The molecule has 3 rings (SSSR count). The molecule has 0 aromatic heterocycles. The third-order valence-electron chi connectivity index (χ3n) is 5.35. The van der Waals surface area contributed by atoms with Gasteiger partial charge in [-0.05, 0) is 24.3 Å². The third-order valence-corrected chi connectivity index (χ3v) is 5.35. The van der Waals surface area contributed by atoms with E-state index >= 15 is 0 Å². The topological polar surface area (TPSA) is 104 Å². The Morgan fingerprint density at radius 1 is 1.13 bits per heavy atom. The lowest BCUT2D eigenvalue weighted by Gasteiger charge is -2.23. The summed E-state index contributed by atoms with van der Waals surface area (Å²) in [6, 6.07) is 9.88. The molecule has 1 aliphatic rings. The van der Waals surface area contributed by atoms with Crippen molar-refractivity contribution in [2.24, 2.45) is 0 Å². The van der Waals surface area contributed by atoms with E-state index in [0.717, 1.165) is 41.3 Å². The molecule has 2 aromatic rings. The zero-order chi connectivity index (χ0) is 21.7. The summed E-state index contributed by atoms with van der Waals surface area (Å²) in [7, 11) is 4.69. The molecule has 1 fully saturated rings. The zero-order valence-corrected chi connectivity index (χ0v) is 17.3. The van der Waals surface area contributed by atoms with Crippen LogP contribution in [0.15, 0.2) is 36.4 Å². The van der Waals surface area contributed by atoms with Gasteiger partial charge in [-0.1, -0.05) is 0 Å². The second-order valence-electron chi connectivity index (χ2n) is 7.08. The normalized spacial score (nSPS) is 18.0. The van der Waals surface area contributed by atoms with Crippen LogP contribution in [0.4, 0.5) is 11.4 Å². The Hall–Kier alpha value is -3.33. The van der Waals surface area contributed by atoms with Crippen LogP contribution < -0.4 is 24.4 Å². The monoisotopic (exact) mass is 416 g/mol. The molecule has 1 aliphatic heterocycles. The zero-order valence-electron chi connectivity index (χ0n) is 17.3. The molecule has 0 saturated carbocycles. The van der Waals surface area contributed by atoms with Crippen LogP contribution in [-0.4, -0.2) is 45.2 Å². The molecule has 0 aliphatic carbocycles. The number of ether oxygens (including phenoxy) is 3. The van der Waals surface area contributed by atoms with Gasteiger partial charge in [0.25, 0.3) is 11.6 Å². The maximum atomic E-state index is 12.8. The first kappa shape index (κ1) is 21.4. The summed E-state index contributed by atoms with van der Waals surface area (Å²) < 4.78 is 16.1. The number of nitro benzene ring substituents is 1. The summed E-state index contributed by atoms with van der Waals surface area (Å²) in [5.74, 6) is 1.64. The maximum Gasteiger partial charge on any atom is 0.279 e. The second kappa shape index (κ2) is 9.45. The number of benzene rings is 2. The number of nitrogens with zero attached hydrogens (tertiary/aromatic N) is 1. The minimum atomic E-state index is -0.508. The number of nitrogens with one attached hydrogen (secondary N) is 2. The first-order valence-electron chi connectivity index (χ1n) is 9.65. The fraction of sp³-hybridized carbons (Fsp3) is 0.381. The van der Waals surface area contributed by atoms with Crippen LogP contribution in [0.3, 0.4) is 0 Å². The summed E-state index contributed by atoms with van der Waals surface area (Å²) in [5.41, 5.74) is 1.18. The molecule has 0 radical (unpaired) electrons. The van der Waals surface area contributed by atoms with Gasteiger partial charge < -0.3 is 24.4 Å². The third kappa shape index (κ3) is 4.62. The Labute approximate surface area is 174 Å². The number of carbonyl (C=O) groups is 1. The van der Waals surface area contributed by atoms with Gasteiger partial charge >= 0.3 is 0 Å². The van der Waals surface area contributed by atoms with E-state index in [-0.39, 0.29) is 29.9 Å². The average molecular weight is 416 g/mol. The molecule has 0 spiro atoms. The molecule has 9 nitrogen and oxygen atoms in total. The van der Waals surface area contributed by atoms with Crippen molar-refractivity contribution in [3.8, 4) is 17.2 Å². The molecule has 1 saturated heterocycles. The van der Waals surface area contributed by atoms with Crippen LogP contribution in [0.1, 0.15) is 24.4 Å². The van der Waals surface area contributed by atoms with Crippen molar-refractivity contribution in [3.05, 3.63) is 52.1 Å². The van der Waals surface area contributed by atoms with Crippen molar-refractivity contribution in [2.75, 3.05) is 39.7 Å². The summed E-state index contributed by atoms with van der Waals surface area (Å²) in [6.07, 6.45) is 1.90. The summed E-state index contributed by atoms with van der Waals surface area (Å²) >= 11 is 0. The van der Waals surface area contributed by atoms with Crippen molar-refractivity contribution >= 4 is 17.3 Å². The lowest BCUT2D eigenvalue weighted by Crippen LogP contribution is -3.11. The van der Waals surface area contributed by atoms with Crippen LogP contribution in [0.25, 0.3) is 0 Å². The number of likely N-dealkylation sites (tertiary alicyclic amines) is 1. The largest absolute Gasteiger partial charge is 0.497 e. The number of quaternary nitrogens is 1. The highest BCUT2D eigenvalue weighted by Gasteiger charge is 2.34. The Morgan fingerprint density at radius 3 is 2.53 bits per heavy atom. The highest BCUT2D eigenvalue weighted by atomic mass is 16.6. The summed E-state index contributed by atoms with van der Waals surface area (Å²) in [4.78, 5) is 24.4. The van der Waals surface area contributed by atoms with Crippen molar-refractivity contribution < 1.29 is 28.8 Å². The van der Waals surface area contributed by atoms with Gasteiger partial charge in [0.2, 0.25) is 0 Å². The van der Waals surface area contributed by atoms with Crippen LogP contribution >= 0.6 is 0 Å². The van der Waals surface area contributed by atoms with Crippen molar-refractivity contribution in [1.29, 1.82) is 0 Å². The number of nitro groups is 1. The van der Waals surface area contributed by atoms with Crippen molar-refractivity contribution in [2.45, 2.75) is 18.9 Å². The molecule has 0 bridgehead atoms. The van der Waals surface area contributed by atoms with E-state index in [1.165, 1.54) is 25.3 Å². The number of rotatable bonds is 8. The van der Waals surface area contributed by atoms with E-state index < -0.39 is 4.92 Å². The highest BCUT2D eigenvalue weighted by Crippen LogP contribution is 2.32. The molecule has 9 heteroatoms. The first-order valence-corrected chi connectivity index (χ1v) is 9.65. The number of hydrogen-bond acceptors (Lipinski definition) is 6. The van der Waals surface area contributed by atoms with E-state index in [1.54, 1.807) is 14.2 Å². The molecule has 1 unspecified atom stereocenters. The Balaban J connectivity index is 1.77. The number of amides is 1. The van der Waals surface area contributed by atoms with Crippen LogP contribution in [0.2, 0.25) is 0 Å². The molecule has 1 amide bonds. The maximum absolute atomic E-state index is 12.8. The Bertz CT molecular complexity index is 933. The molecule has 2 aromatic carbocycles. The molecule has 2 atom stereocenters. The average Bonchev–Trinajstić information content (AvgIpc) is 3.20. The molecule has 30 heavy (non-hydrogen) atoms. The highest BCUT2D eigenvalue weighted by molar-refractivity contribution is 5.93.